The number of imide groups is 1. The number of benzene rings is 3. The molecule has 1 saturated heterocycles. The van der Waals surface area contributed by atoms with E-state index in [1.165, 1.54) is 37.5 Å². The first kappa shape index (κ1) is 25.2. The molecule has 184 valence electrons. The van der Waals surface area contributed by atoms with Crippen LogP contribution in [0.5, 0.6) is 11.5 Å². The van der Waals surface area contributed by atoms with Gasteiger partial charge in [-0.1, -0.05) is 35.9 Å². The van der Waals surface area contributed by atoms with Crippen LogP contribution in [0.4, 0.5) is 14.9 Å². The lowest BCUT2D eigenvalue weighted by molar-refractivity contribution is -0.385. The average molecular weight is 529 g/mol. The molecule has 1 aliphatic rings. The molecule has 11 heteroatoms. The zero-order valence-electron chi connectivity index (χ0n) is 18.8. The highest BCUT2D eigenvalue weighted by Gasteiger charge is 2.36. The monoisotopic (exact) mass is 528 g/mol. The summed E-state index contributed by atoms with van der Waals surface area (Å²) >= 11 is 6.77. The Kier molecular flexibility index (Phi) is 7.56. The number of nitrogens with zero attached hydrogens (tertiary/aromatic N) is 2. The number of para-hydroxylation sites is 1. The molecule has 1 aliphatic heterocycles. The van der Waals surface area contributed by atoms with Gasteiger partial charge in [-0.15, -0.1) is 0 Å². The third-order valence-corrected chi connectivity index (χ3v) is 6.57. The molecule has 0 atom stereocenters. The van der Waals surface area contributed by atoms with Crippen molar-refractivity contribution in [3.05, 3.63) is 103 Å². The van der Waals surface area contributed by atoms with E-state index in [1.807, 2.05) is 0 Å². The third kappa shape index (κ3) is 5.34. The smallest absolute Gasteiger partial charge is 0.293 e. The number of halogens is 2. The lowest BCUT2D eigenvalue weighted by Gasteiger charge is -2.14. The van der Waals surface area contributed by atoms with Crippen molar-refractivity contribution in [2.75, 3.05) is 7.11 Å². The summed E-state index contributed by atoms with van der Waals surface area (Å²) in [6, 6.07) is 15.2. The van der Waals surface area contributed by atoms with Gasteiger partial charge in [-0.25, -0.2) is 4.39 Å². The molecule has 0 N–H and O–H groups in total. The van der Waals surface area contributed by atoms with Crippen LogP contribution in [0.2, 0.25) is 5.02 Å². The number of amides is 2. The van der Waals surface area contributed by atoms with Crippen molar-refractivity contribution < 1.29 is 28.4 Å². The number of nitro benzene ring substituents is 1. The summed E-state index contributed by atoms with van der Waals surface area (Å²) < 4.78 is 25.3. The highest BCUT2D eigenvalue weighted by molar-refractivity contribution is 8.18. The van der Waals surface area contributed by atoms with Gasteiger partial charge in [0, 0.05) is 16.7 Å². The average Bonchev–Trinajstić information content (AvgIpc) is 3.12. The van der Waals surface area contributed by atoms with E-state index in [-0.39, 0.29) is 34.3 Å². The molecule has 36 heavy (non-hydrogen) atoms. The zero-order valence-corrected chi connectivity index (χ0v) is 20.3. The molecule has 0 spiro atoms. The quantitative estimate of drug-likeness (QED) is 0.195. The van der Waals surface area contributed by atoms with E-state index in [2.05, 4.69) is 0 Å². The van der Waals surface area contributed by atoms with Gasteiger partial charge in [0.25, 0.3) is 16.8 Å². The van der Waals surface area contributed by atoms with E-state index in [9.17, 15) is 24.1 Å². The fourth-order valence-corrected chi connectivity index (χ4v) is 4.55. The van der Waals surface area contributed by atoms with Gasteiger partial charge in [0.2, 0.25) is 0 Å². The minimum Gasteiger partial charge on any atom is -0.493 e. The molecule has 0 radical (unpaired) electrons. The SMILES string of the molecule is COc1cc(/C=C2\SC(=O)N(Cc3c(F)cccc3Cl)C2=O)ccc1OCc1ccccc1[N+](=O)[O-]. The standard InChI is InChI=1S/C25H18ClFN2O6S/c1-34-22-11-15(9-10-21(22)35-14-16-5-2-3-8-20(16)29(32)33)12-23-24(30)28(25(31)36-23)13-17-18(26)6-4-7-19(17)27/h2-12H,13-14H2,1H3/b23-12-. The van der Waals surface area contributed by atoms with Gasteiger partial charge in [0.1, 0.15) is 12.4 Å². The second-order valence-electron chi connectivity index (χ2n) is 7.55. The summed E-state index contributed by atoms with van der Waals surface area (Å²) in [6.45, 7) is -0.334. The van der Waals surface area contributed by atoms with Crippen molar-refractivity contribution >= 4 is 46.3 Å². The number of nitro groups is 1. The Labute approximate surface area is 214 Å². The first-order chi connectivity index (χ1) is 17.3. The molecule has 3 aromatic rings. The number of carbonyl (C=O) groups is 2. The Morgan fingerprint density at radius 1 is 1.11 bits per heavy atom. The molecule has 4 rings (SSSR count). The Morgan fingerprint density at radius 3 is 2.61 bits per heavy atom. The van der Waals surface area contributed by atoms with Gasteiger partial charge in [-0.05, 0) is 53.7 Å². The van der Waals surface area contributed by atoms with Crippen LogP contribution in [0.25, 0.3) is 6.08 Å². The second-order valence-corrected chi connectivity index (χ2v) is 8.95. The van der Waals surface area contributed by atoms with Crippen LogP contribution in [0.3, 0.4) is 0 Å². The number of ether oxygens (including phenoxy) is 2. The summed E-state index contributed by atoms with van der Waals surface area (Å²) in [5.74, 6) is -0.499. The predicted molar refractivity (Wildman–Crippen MR) is 133 cm³/mol. The van der Waals surface area contributed by atoms with Crippen molar-refractivity contribution in [1.82, 2.24) is 4.90 Å². The molecule has 0 unspecified atom stereocenters. The van der Waals surface area contributed by atoms with Gasteiger partial charge >= 0.3 is 0 Å². The van der Waals surface area contributed by atoms with Crippen LogP contribution >= 0.6 is 23.4 Å². The number of thioether (sulfide) groups is 1. The molecular weight excluding hydrogens is 511 g/mol. The summed E-state index contributed by atoms with van der Waals surface area (Å²) in [4.78, 5) is 37.1. The predicted octanol–water partition coefficient (Wildman–Crippen LogP) is 6.21. The molecule has 1 fully saturated rings. The largest absolute Gasteiger partial charge is 0.493 e. The fourth-order valence-electron chi connectivity index (χ4n) is 3.49. The molecule has 0 aromatic heterocycles. The highest BCUT2D eigenvalue weighted by Crippen LogP contribution is 2.36. The zero-order chi connectivity index (χ0) is 25.8. The summed E-state index contributed by atoms with van der Waals surface area (Å²) in [7, 11) is 1.43. The van der Waals surface area contributed by atoms with E-state index in [1.54, 1.807) is 36.4 Å². The van der Waals surface area contributed by atoms with E-state index >= 15 is 0 Å². The van der Waals surface area contributed by atoms with Gasteiger partial charge in [0.05, 0.1) is 29.0 Å². The maximum atomic E-state index is 14.1. The minimum absolute atomic E-state index is 0.0512. The van der Waals surface area contributed by atoms with Crippen molar-refractivity contribution in [2.45, 2.75) is 13.2 Å². The summed E-state index contributed by atoms with van der Waals surface area (Å²) in [6.07, 6.45) is 1.52. The maximum Gasteiger partial charge on any atom is 0.293 e. The fraction of sp³-hybridized carbons (Fsp3) is 0.120. The van der Waals surface area contributed by atoms with E-state index in [0.29, 0.717) is 22.6 Å². The van der Waals surface area contributed by atoms with E-state index in [0.717, 1.165) is 16.7 Å². The van der Waals surface area contributed by atoms with Crippen molar-refractivity contribution in [3.63, 3.8) is 0 Å². The Hall–Kier alpha value is -3.89. The number of hydrogen-bond acceptors (Lipinski definition) is 7. The molecule has 0 saturated carbocycles. The number of rotatable bonds is 8. The minimum atomic E-state index is -0.605. The molecule has 3 aromatic carbocycles. The number of methoxy groups -OCH3 is 1. The van der Waals surface area contributed by atoms with Crippen LogP contribution < -0.4 is 9.47 Å². The lowest BCUT2D eigenvalue weighted by atomic mass is 10.1. The van der Waals surface area contributed by atoms with E-state index in [4.69, 9.17) is 21.1 Å². The Morgan fingerprint density at radius 2 is 1.89 bits per heavy atom. The van der Waals surface area contributed by atoms with Crippen LogP contribution in [0, 0.1) is 15.9 Å². The maximum absolute atomic E-state index is 14.1. The first-order valence-electron chi connectivity index (χ1n) is 10.5. The number of hydrogen-bond donors (Lipinski definition) is 0. The van der Waals surface area contributed by atoms with Crippen LogP contribution in [0.15, 0.2) is 65.6 Å². The van der Waals surface area contributed by atoms with Crippen molar-refractivity contribution in [1.29, 1.82) is 0 Å². The van der Waals surface area contributed by atoms with Crippen LogP contribution in [-0.2, 0) is 17.9 Å². The molecule has 0 aliphatic carbocycles. The van der Waals surface area contributed by atoms with E-state index < -0.39 is 21.9 Å². The molecule has 2 amide bonds. The summed E-state index contributed by atoms with van der Waals surface area (Å²) in [5.41, 5.74) is 0.960. The lowest BCUT2D eigenvalue weighted by Crippen LogP contribution is -2.28. The van der Waals surface area contributed by atoms with Crippen molar-refractivity contribution in [2.24, 2.45) is 0 Å². The van der Waals surface area contributed by atoms with Crippen molar-refractivity contribution in [3.8, 4) is 11.5 Å². The molecule has 8 nitrogen and oxygen atoms in total. The Balaban J connectivity index is 1.52. The number of carbonyl (C=O) groups excluding carboxylic acids is 2. The van der Waals surface area contributed by atoms with Gasteiger partial charge < -0.3 is 9.47 Å². The van der Waals surface area contributed by atoms with Crippen LogP contribution in [-0.4, -0.2) is 28.1 Å². The molecule has 1 heterocycles. The molecular formula is C25H18ClFN2O6S. The first-order valence-corrected chi connectivity index (χ1v) is 11.7. The highest BCUT2D eigenvalue weighted by atomic mass is 35.5. The van der Waals surface area contributed by atoms with Gasteiger partial charge in [-0.3, -0.25) is 24.6 Å². The third-order valence-electron chi connectivity index (χ3n) is 5.31. The van der Waals surface area contributed by atoms with Crippen LogP contribution in [0.1, 0.15) is 16.7 Å². The summed E-state index contributed by atoms with van der Waals surface area (Å²) in [5, 5.41) is 10.8. The van der Waals surface area contributed by atoms with Gasteiger partial charge in [0.15, 0.2) is 11.5 Å². The topological polar surface area (TPSA) is 99.0 Å². The Bertz CT molecular complexity index is 1380. The van der Waals surface area contributed by atoms with Gasteiger partial charge in [-0.2, -0.15) is 0 Å². The second kappa shape index (κ2) is 10.8. The normalized spacial score (nSPS) is 14.4. The molecule has 0 bridgehead atoms.